The quantitative estimate of drug-likeness (QED) is 0.233. The summed E-state index contributed by atoms with van der Waals surface area (Å²) in [5.41, 5.74) is 2.24. The molecule has 2 aromatic carbocycles. The molecule has 5 nitrogen and oxygen atoms in total. The molecule has 3 rings (SSSR count). The second-order valence-corrected chi connectivity index (χ2v) is 9.11. The molecule has 186 valence electrons. The van der Waals surface area contributed by atoms with Gasteiger partial charge in [-0.3, -0.25) is 10.1 Å². The third-order valence-electron chi connectivity index (χ3n) is 6.49. The Kier molecular flexibility index (Phi) is 9.82. The average molecular weight is 482 g/mol. The zero-order valence-corrected chi connectivity index (χ0v) is 21.2. The minimum atomic E-state index is -1.61. The van der Waals surface area contributed by atoms with Crippen molar-refractivity contribution in [3.63, 3.8) is 0 Å². The Bertz CT molecular complexity index is 1150. The minimum absolute atomic E-state index is 0.367. The maximum absolute atomic E-state index is 12.2. The molecule has 0 aromatic heterocycles. The standard InChI is InChI=1S/C31H35N3O2/c1-3-5-22-33(23-6-4-2)30-16-14-27(15-17-30)18-20-31(34(35)36)21-19-28(24-29(31)25-32)13-12-26-10-8-7-9-11-26/h7-21,24,29H,3-6,22-23H2,1-2H3. The van der Waals surface area contributed by atoms with Crippen molar-refractivity contribution in [3.8, 4) is 6.07 Å². The van der Waals surface area contributed by atoms with Gasteiger partial charge in [-0.15, -0.1) is 0 Å². The van der Waals surface area contributed by atoms with Crippen molar-refractivity contribution < 1.29 is 4.92 Å². The van der Waals surface area contributed by atoms with Crippen LogP contribution in [0.15, 0.2) is 90.6 Å². The number of nitriles is 1. The van der Waals surface area contributed by atoms with Crippen molar-refractivity contribution in [2.45, 2.75) is 45.1 Å². The summed E-state index contributed by atoms with van der Waals surface area (Å²) in [7, 11) is 0. The smallest absolute Gasteiger partial charge is 0.278 e. The summed E-state index contributed by atoms with van der Waals surface area (Å²) < 4.78 is 0. The van der Waals surface area contributed by atoms with Crippen molar-refractivity contribution >= 4 is 17.8 Å². The van der Waals surface area contributed by atoms with Crippen LogP contribution in [0.2, 0.25) is 0 Å². The van der Waals surface area contributed by atoms with Crippen LogP contribution in [-0.2, 0) is 0 Å². The second kappa shape index (κ2) is 13.3. The fourth-order valence-electron chi connectivity index (χ4n) is 4.21. The number of unbranched alkanes of at least 4 members (excludes halogenated alkanes) is 2. The van der Waals surface area contributed by atoms with Crippen molar-refractivity contribution in [1.82, 2.24) is 0 Å². The van der Waals surface area contributed by atoms with Crippen molar-refractivity contribution in [3.05, 3.63) is 112 Å². The normalized spacial score (nSPS) is 19.4. The van der Waals surface area contributed by atoms with Crippen LogP contribution in [0.3, 0.4) is 0 Å². The van der Waals surface area contributed by atoms with Gasteiger partial charge >= 0.3 is 0 Å². The van der Waals surface area contributed by atoms with Gasteiger partial charge in [-0.25, -0.2) is 0 Å². The molecular weight excluding hydrogens is 446 g/mol. The highest BCUT2D eigenvalue weighted by molar-refractivity contribution is 5.60. The lowest BCUT2D eigenvalue weighted by Gasteiger charge is -2.25. The molecule has 2 unspecified atom stereocenters. The summed E-state index contributed by atoms with van der Waals surface area (Å²) in [6.45, 7) is 6.45. The Hall–Kier alpha value is -3.91. The molecule has 1 aliphatic carbocycles. The van der Waals surface area contributed by atoms with Gasteiger partial charge in [0.2, 0.25) is 0 Å². The van der Waals surface area contributed by atoms with Crippen LogP contribution in [0.5, 0.6) is 0 Å². The Morgan fingerprint density at radius 1 is 0.972 bits per heavy atom. The van der Waals surface area contributed by atoms with Crippen LogP contribution >= 0.6 is 0 Å². The van der Waals surface area contributed by atoms with Crippen molar-refractivity contribution in [1.29, 1.82) is 5.26 Å². The largest absolute Gasteiger partial charge is 0.372 e. The van der Waals surface area contributed by atoms with Crippen LogP contribution in [0, 0.1) is 27.4 Å². The molecule has 0 bridgehead atoms. The first kappa shape index (κ1) is 26.7. The topological polar surface area (TPSA) is 70.2 Å². The lowest BCUT2D eigenvalue weighted by Crippen LogP contribution is -2.42. The van der Waals surface area contributed by atoms with Gasteiger partial charge in [0.15, 0.2) is 0 Å². The molecule has 0 fully saturated rings. The lowest BCUT2D eigenvalue weighted by atomic mass is 9.79. The number of hydrogen-bond acceptors (Lipinski definition) is 4. The van der Waals surface area contributed by atoms with E-state index in [2.05, 4.69) is 36.9 Å². The fourth-order valence-corrected chi connectivity index (χ4v) is 4.21. The van der Waals surface area contributed by atoms with Crippen molar-refractivity contribution in [2.75, 3.05) is 18.0 Å². The third-order valence-corrected chi connectivity index (χ3v) is 6.49. The molecule has 36 heavy (non-hydrogen) atoms. The summed E-state index contributed by atoms with van der Waals surface area (Å²) in [4.78, 5) is 14.2. The lowest BCUT2D eigenvalue weighted by molar-refractivity contribution is -0.545. The van der Waals surface area contributed by atoms with E-state index in [1.165, 1.54) is 11.8 Å². The van der Waals surface area contributed by atoms with Crippen LogP contribution in [0.25, 0.3) is 12.2 Å². The fraction of sp³-hybridized carbons (Fsp3) is 0.323. The maximum Gasteiger partial charge on any atom is 0.278 e. The zero-order chi connectivity index (χ0) is 25.8. The highest BCUT2D eigenvalue weighted by Crippen LogP contribution is 2.33. The number of nitro groups is 1. The molecule has 0 N–H and O–H groups in total. The summed E-state index contributed by atoms with van der Waals surface area (Å²) >= 11 is 0. The number of benzene rings is 2. The molecule has 0 saturated heterocycles. The van der Waals surface area contributed by atoms with E-state index in [-0.39, 0.29) is 4.92 Å². The summed E-state index contributed by atoms with van der Waals surface area (Å²) in [5.74, 6) is -0.915. The molecule has 0 spiro atoms. The van der Waals surface area contributed by atoms with Gasteiger partial charge in [0.05, 0.1) is 6.07 Å². The van der Waals surface area contributed by atoms with E-state index in [4.69, 9.17) is 0 Å². The van der Waals surface area contributed by atoms with Crippen LogP contribution in [0.4, 0.5) is 5.69 Å². The first-order valence-corrected chi connectivity index (χ1v) is 12.7. The van der Waals surface area contributed by atoms with E-state index in [0.29, 0.717) is 0 Å². The highest BCUT2D eigenvalue weighted by Gasteiger charge is 2.47. The van der Waals surface area contributed by atoms with Crippen molar-refractivity contribution in [2.24, 2.45) is 5.92 Å². The van der Waals surface area contributed by atoms with E-state index in [1.54, 1.807) is 24.3 Å². The van der Waals surface area contributed by atoms with Gasteiger partial charge in [-0.2, -0.15) is 5.26 Å². The molecule has 0 saturated carbocycles. The monoisotopic (exact) mass is 481 g/mol. The third kappa shape index (κ3) is 6.82. The second-order valence-electron chi connectivity index (χ2n) is 9.11. The minimum Gasteiger partial charge on any atom is -0.372 e. The molecule has 0 amide bonds. The molecule has 2 atom stereocenters. The van der Waals surface area contributed by atoms with E-state index in [1.807, 2.05) is 54.6 Å². The molecule has 5 heteroatoms. The first-order chi connectivity index (χ1) is 17.5. The van der Waals surface area contributed by atoms with Gasteiger partial charge in [-0.1, -0.05) is 99.5 Å². The summed E-state index contributed by atoms with van der Waals surface area (Å²) in [6, 6.07) is 20.1. The SMILES string of the molecule is CCCCN(CCCC)c1ccc(C=CC2([N+](=O)[O-])C=CC(C=Cc3ccccc3)=CC2C#N)cc1. The first-order valence-electron chi connectivity index (χ1n) is 12.7. The Morgan fingerprint density at radius 3 is 2.19 bits per heavy atom. The van der Waals surface area contributed by atoms with E-state index >= 15 is 0 Å². The number of nitrogens with zero attached hydrogens (tertiary/aromatic N) is 3. The van der Waals surface area contributed by atoms with Gasteiger partial charge in [0.25, 0.3) is 5.54 Å². The molecule has 0 aliphatic heterocycles. The van der Waals surface area contributed by atoms with Crippen LogP contribution in [-0.4, -0.2) is 23.6 Å². The Morgan fingerprint density at radius 2 is 1.61 bits per heavy atom. The maximum atomic E-state index is 12.2. The van der Waals surface area contributed by atoms with Gasteiger partial charge in [-0.05, 0) is 53.8 Å². The van der Waals surface area contributed by atoms with Gasteiger partial charge in [0, 0.05) is 23.7 Å². The molecule has 0 radical (unpaired) electrons. The predicted molar refractivity (Wildman–Crippen MR) is 149 cm³/mol. The number of hydrogen-bond donors (Lipinski definition) is 0. The number of allylic oxidation sites excluding steroid dienone is 3. The van der Waals surface area contributed by atoms with Crippen LogP contribution in [0.1, 0.15) is 50.7 Å². The summed E-state index contributed by atoms with van der Waals surface area (Å²) in [6.07, 6.45) is 16.6. The summed E-state index contributed by atoms with van der Waals surface area (Å²) in [5, 5.41) is 22.0. The molecule has 1 aliphatic rings. The molecule has 2 aromatic rings. The zero-order valence-electron chi connectivity index (χ0n) is 21.2. The molecule has 0 heterocycles. The van der Waals surface area contributed by atoms with Crippen LogP contribution < -0.4 is 4.90 Å². The molecular formula is C31H35N3O2. The van der Waals surface area contributed by atoms with E-state index < -0.39 is 11.5 Å². The van der Waals surface area contributed by atoms with Gasteiger partial charge in [0.1, 0.15) is 5.92 Å². The van der Waals surface area contributed by atoms with Gasteiger partial charge < -0.3 is 4.90 Å². The average Bonchev–Trinajstić information content (AvgIpc) is 2.92. The Balaban J connectivity index is 1.79. The van der Waals surface area contributed by atoms with E-state index in [0.717, 1.165) is 55.5 Å². The number of anilines is 1. The number of rotatable bonds is 12. The Labute approximate surface area is 214 Å². The predicted octanol–water partition coefficient (Wildman–Crippen LogP) is 7.47. The van der Waals surface area contributed by atoms with E-state index in [9.17, 15) is 15.4 Å². The highest BCUT2D eigenvalue weighted by atomic mass is 16.6.